The maximum absolute atomic E-state index is 13.2. The molecule has 0 radical (unpaired) electrons. The molecule has 0 saturated carbocycles. The molecule has 0 aromatic carbocycles. The van der Waals surface area contributed by atoms with E-state index in [9.17, 15) is 23.9 Å². The minimum atomic E-state index is -1.27. The topological polar surface area (TPSA) is 206 Å². The Morgan fingerprint density at radius 1 is 1.41 bits per heavy atom. The SMILES string of the molecule is Nc1nc(/C(=N/OCCF)C(=O)N[C@@H]2C(=O)N3C(C(=O)O)=C(Sc4ccncc4CSCC(N)CO)CS[C@@H]23)cs1. The Morgan fingerprint density at radius 3 is 2.90 bits per heavy atom. The molecule has 3 atom stereocenters. The molecule has 41 heavy (non-hydrogen) atoms. The number of carboxylic acids is 1. The van der Waals surface area contributed by atoms with Crippen molar-refractivity contribution in [2.24, 2.45) is 10.9 Å². The van der Waals surface area contributed by atoms with Gasteiger partial charge in [0.25, 0.3) is 11.8 Å². The van der Waals surface area contributed by atoms with Crippen LogP contribution in [0.2, 0.25) is 0 Å². The monoisotopic (exact) mass is 643 g/mol. The van der Waals surface area contributed by atoms with Crippen LogP contribution in [0.4, 0.5) is 9.52 Å². The molecule has 13 nitrogen and oxygen atoms in total. The number of rotatable bonds is 14. The third-order valence-corrected chi connectivity index (χ3v) is 10.2. The summed E-state index contributed by atoms with van der Waals surface area (Å²) in [5.41, 5.74) is 12.0. The maximum atomic E-state index is 13.2. The lowest BCUT2D eigenvalue weighted by molar-refractivity contribution is -0.150. The summed E-state index contributed by atoms with van der Waals surface area (Å²) < 4.78 is 12.5. The fourth-order valence-corrected chi connectivity index (χ4v) is 7.93. The van der Waals surface area contributed by atoms with E-state index >= 15 is 0 Å². The Balaban J connectivity index is 1.50. The van der Waals surface area contributed by atoms with Gasteiger partial charge in [0.1, 0.15) is 36.1 Å². The molecule has 1 unspecified atom stereocenters. The van der Waals surface area contributed by atoms with E-state index in [2.05, 4.69) is 20.4 Å². The number of pyridine rings is 1. The molecule has 0 bridgehead atoms. The molecule has 7 N–H and O–H groups in total. The van der Waals surface area contributed by atoms with Crippen LogP contribution in [0, 0.1) is 0 Å². The smallest absolute Gasteiger partial charge is 0.353 e. The molecule has 18 heteroatoms. The number of carboxylic acid groups (broad SMARTS) is 1. The number of carbonyl (C=O) groups is 3. The number of hydrogen-bond acceptors (Lipinski definition) is 14. The van der Waals surface area contributed by atoms with Gasteiger partial charge < -0.3 is 31.8 Å². The number of anilines is 1. The third-order valence-electron chi connectivity index (χ3n) is 5.64. The van der Waals surface area contributed by atoms with Crippen LogP contribution >= 0.6 is 46.6 Å². The van der Waals surface area contributed by atoms with Gasteiger partial charge in [-0.15, -0.1) is 23.1 Å². The largest absolute Gasteiger partial charge is 0.477 e. The van der Waals surface area contributed by atoms with E-state index in [1.54, 1.807) is 18.5 Å². The number of aliphatic hydroxyl groups is 1. The predicted octanol–water partition coefficient (Wildman–Crippen LogP) is 0.852. The first-order chi connectivity index (χ1) is 19.7. The minimum Gasteiger partial charge on any atom is -0.477 e. The van der Waals surface area contributed by atoms with Crippen molar-refractivity contribution < 1.29 is 33.8 Å². The van der Waals surface area contributed by atoms with Crippen molar-refractivity contribution in [3.8, 4) is 0 Å². The van der Waals surface area contributed by atoms with E-state index in [1.165, 1.54) is 40.7 Å². The van der Waals surface area contributed by atoms with Crippen molar-refractivity contribution in [3.63, 3.8) is 0 Å². The molecule has 1 fully saturated rings. The van der Waals surface area contributed by atoms with Crippen LogP contribution in [0.5, 0.6) is 0 Å². The number of hydrogen-bond donors (Lipinski definition) is 5. The number of nitrogens with one attached hydrogen (secondary N) is 1. The van der Waals surface area contributed by atoms with E-state index in [0.717, 1.165) is 26.7 Å². The summed E-state index contributed by atoms with van der Waals surface area (Å²) in [6.07, 6.45) is 3.29. The van der Waals surface area contributed by atoms with Crippen LogP contribution in [0.1, 0.15) is 11.3 Å². The third kappa shape index (κ3) is 7.31. The molecule has 2 aliphatic heterocycles. The summed E-state index contributed by atoms with van der Waals surface area (Å²) in [4.78, 5) is 53.9. The number of nitrogen functional groups attached to an aromatic ring is 1. The summed E-state index contributed by atoms with van der Waals surface area (Å²) in [7, 11) is 0. The van der Waals surface area contributed by atoms with Gasteiger partial charge in [0, 0.05) is 50.9 Å². The molecular weight excluding hydrogens is 618 g/mol. The number of nitrogens with two attached hydrogens (primary N) is 2. The summed E-state index contributed by atoms with van der Waals surface area (Å²) in [5.74, 6) is -1.30. The second kappa shape index (κ2) is 14.3. The molecular formula is C23H26FN7O6S4. The summed E-state index contributed by atoms with van der Waals surface area (Å²) in [6, 6.07) is 0.393. The zero-order valence-corrected chi connectivity index (χ0v) is 24.5. The van der Waals surface area contributed by atoms with Gasteiger partial charge in [-0.25, -0.2) is 14.2 Å². The van der Waals surface area contributed by atoms with E-state index < -0.39 is 35.9 Å². The number of amides is 2. The van der Waals surface area contributed by atoms with Crippen molar-refractivity contribution in [1.82, 2.24) is 20.2 Å². The molecule has 2 amide bonds. The van der Waals surface area contributed by atoms with Gasteiger partial charge in [0.15, 0.2) is 10.8 Å². The molecule has 4 rings (SSSR count). The number of thiazole rings is 1. The highest BCUT2D eigenvalue weighted by atomic mass is 32.2. The van der Waals surface area contributed by atoms with E-state index in [1.807, 2.05) is 0 Å². The zero-order valence-electron chi connectivity index (χ0n) is 21.3. The van der Waals surface area contributed by atoms with Crippen molar-refractivity contribution in [1.29, 1.82) is 0 Å². The fourth-order valence-electron chi connectivity index (χ4n) is 3.75. The van der Waals surface area contributed by atoms with Crippen LogP contribution in [0.15, 0.2) is 44.5 Å². The Morgan fingerprint density at radius 2 is 2.22 bits per heavy atom. The van der Waals surface area contributed by atoms with Gasteiger partial charge >= 0.3 is 5.97 Å². The second-order valence-electron chi connectivity index (χ2n) is 8.51. The van der Waals surface area contributed by atoms with Gasteiger partial charge in [0.05, 0.1) is 6.61 Å². The van der Waals surface area contributed by atoms with E-state index in [0.29, 0.717) is 16.4 Å². The average molecular weight is 644 g/mol. The first kappa shape index (κ1) is 31.0. The molecule has 2 aromatic rings. The highest BCUT2D eigenvalue weighted by Gasteiger charge is 2.54. The second-order valence-corrected chi connectivity index (χ2v) is 12.7. The van der Waals surface area contributed by atoms with Crippen LogP contribution in [-0.2, 0) is 25.0 Å². The molecule has 1 saturated heterocycles. The normalized spacial score (nSPS) is 19.4. The molecule has 4 heterocycles. The number of aromatic nitrogens is 2. The van der Waals surface area contributed by atoms with Crippen LogP contribution < -0.4 is 16.8 Å². The number of halogens is 1. The Labute approximate surface area is 250 Å². The standard InChI is InChI=1S/C23H26FN7O6S4/c24-2-4-37-30-16(13-9-40-23(26)28-13)19(33)29-17-20(34)31-18(22(35)36)15(10-39-21(17)31)41-14-1-3-27-5-11(14)7-38-8-12(25)6-32/h1,3,5,9,12,17,21,32H,2,4,6-8,10,25H2,(H2,26,28)(H,29,33)(H,35,36)/b30-16-/t12?,17-,21+/m1/s1. The van der Waals surface area contributed by atoms with Gasteiger partial charge in [0.2, 0.25) is 0 Å². The maximum Gasteiger partial charge on any atom is 0.353 e. The van der Waals surface area contributed by atoms with Crippen molar-refractivity contribution in [2.75, 3.05) is 37.1 Å². The highest BCUT2D eigenvalue weighted by Crippen LogP contribution is 2.45. The lowest BCUT2D eigenvalue weighted by Gasteiger charge is -2.49. The van der Waals surface area contributed by atoms with Crippen LogP contribution in [0.3, 0.4) is 0 Å². The summed E-state index contributed by atoms with van der Waals surface area (Å²) >= 11 is 5.13. The minimum absolute atomic E-state index is 0.0956. The lowest BCUT2D eigenvalue weighted by atomic mass is 10.0. The molecule has 0 spiro atoms. The Kier molecular flexibility index (Phi) is 10.8. The van der Waals surface area contributed by atoms with Crippen molar-refractivity contribution in [3.05, 3.63) is 45.7 Å². The number of alkyl halides is 1. The number of nitrogens with zero attached hydrogens (tertiary/aromatic N) is 4. The van der Waals surface area contributed by atoms with Gasteiger partial charge in [-0.05, 0) is 11.6 Å². The quantitative estimate of drug-likeness (QED) is 0.0839. The average Bonchev–Trinajstić information content (AvgIpc) is 3.39. The number of β-lactam (4-membered cyclic amide) rings is 1. The number of carbonyl (C=O) groups excluding carboxylic acids is 2. The van der Waals surface area contributed by atoms with Gasteiger partial charge in [-0.1, -0.05) is 16.9 Å². The van der Waals surface area contributed by atoms with Gasteiger partial charge in [-0.3, -0.25) is 19.5 Å². The fraction of sp³-hybridized carbons (Fsp3) is 0.391. The van der Waals surface area contributed by atoms with E-state index in [-0.39, 0.29) is 47.2 Å². The number of oxime groups is 1. The first-order valence-corrected chi connectivity index (χ1v) is 15.9. The van der Waals surface area contributed by atoms with Crippen LogP contribution in [0.25, 0.3) is 0 Å². The van der Waals surface area contributed by atoms with Gasteiger partial charge in [-0.2, -0.15) is 11.8 Å². The lowest BCUT2D eigenvalue weighted by Crippen LogP contribution is -2.71. The Hall–Kier alpha value is -2.90. The number of fused-ring (bicyclic) bond motifs is 1. The van der Waals surface area contributed by atoms with Crippen molar-refractivity contribution in [2.45, 2.75) is 28.1 Å². The summed E-state index contributed by atoms with van der Waals surface area (Å²) in [6.45, 7) is -1.33. The molecule has 220 valence electrons. The van der Waals surface area contributed by atoms with Crippen molar-refractivity contribution >= 4 is 75.2 Å². The molecule has 0 aliphatic carbocycles. The van der Waals surface area contributed by atoms with Crippen LogP contribution in [-0.4, -0.2) is 97.4 Å². The number of aliphatic hydroxyl groups excluding tert-OH is 1. The zero-order chi connectivity index (χ0) is 29.5. The molecule has 2 aliphatic rings. The Bertz CT molecular complexity index is 1360. The number of aliphatic carboxylic acids is 1. The molecule has 2 aromatic heterocycles. The van der Waals surface area contributed by atoms with E-state index in [4.69, 9.17) is 21.4 Å². The first-order valence-electron chi connectivity index (χ1n) is 12.0. The highest BCUT2D eigenvalue weighted by molar-refractivity contribution is 8.06. The predicted molar refractivity (Wildman–Crippen MR) is 156 cm³/mol. The number of thioether (sulfide) groups is 3. The summed E-state index contributed by atoms with van der Waals surface area (Å²) in [5, 5.41) is 26.4.